The summed E-state index contributed by atoms with van der Waals surface area (Å²) in [4.78, 5) is 0. The Labute approximate surface area is 89.3 Å². The van der Waals surface area contributed by atoms with Crippen molar-refractivity contribution in [2.75, 3.05) is 25.2 Å². The molecule has 3 nitrogen and oxygen atoms in total. The van der Waals surface area contributed by atoms with Gasteiger partial charge in [-0.1, -0.05) is 29.3 Å². The van der Waals surface area contributed by atoms with Crippen LogP contribution in [0.4, 0.5) is 0 Å². The van der Waals surface area contributed by atoms with Crippen LogP contribution < -0.4 is 0 Å². The van der Waals surface area contributed by atoms with E-state index in [2.05, 4.69) is 22.9 Å². The first-order chi connectivity index (χ1) is 6.36. The van der Waals surface area contributed by atoms with E-state index in [1.807, 2.05) is 0 Å². The van der Waals surface area contributed by atoms with Crippen LogP contribution >= 0.6 is 24.5 Å². The number of hydrogen-bond donors (Lipinski definition) is 0. The van der Waals surface area contributed by atoms with Gasteiger partial charge in [-0.25, -0.2) is 0 Å². The Morgan fingerprint density at radius 2 is 2.15 bits per heavy atom. The average Bonchev–Trinajstić information content (AvgIpc) is 2.21. The van der Waals surface area contributed by atoms with Gasteiger partial charge in [0.2, 0.25) is 0 Å². The predicted octanol–water partition coefficient (Wildman–Crippen LogP) is 3.09. The van der Waals surface area contributed by atoms with Gasteiger partial charge in [0.05, 0.1) is 19.8 Å². The lowest BCUT2D eigenvalue weighted by Gasteiger charge is -2.22. The summed E-state index contributed by atoms with van der Waals surface area (Å²) in [7, 11) is -1.04. The smallest absolute Gasteiger partial charge is 0.312 e. The normalized spacial score (nSPS) is 21.7. The van der Waals surface area contributed by atoms with Crippen molar-refractivity contribution in [1.29, 1.82) is 0 Å². The molecule has 1 fully saturated rings. The van der Waals surface area contributed by atoms with Crippen molar-refractivity contribution in [3.05, 3.63) is 0 Å². The van der Waals surface area contributed by atoms with E-state index >= 15 is 0 Å². The zero-order valence-corrected chi connectivity index (χ0v) is 10.4. The highest BCUT2D eigenvalue weighted by molar-refractivity contribution is 9.09. The average molecular weight is 271 g/mol. The Hall–Kier alpha value is 0.790. The lowest BCUT2D eigenvalue weighted by molar-refractivity contribution is 0.107. The molecule has 0 saturated carbocycles. The first-order valence-electron chi connectivity index (χ1n) is 4.61. The van der Waals surface area contributed by atoms with Crippen molar-refractivity contribution in [3.8, 4) is 0 Å². The van der Waals surface area contributed by atoms with Gasteiger partial charge in [0, 0.05) is 5.33 Å². The quantitative estimate of drug-likeness (QED) is 0.568. The Morgan fingerprint density at radius 1 is 1.46 bits per heavy atom. The molecule has 1 saturated heterocycles. The molecule has 0 aromatic carbocycles. The largest absolute Gasteiger partial charge is 0.332 e. The third-order valence-electron chi connectivity index (χ3n) is 1.89. The molecule has 0 bridgehead atoms. The van der Waals surface area contributed by atoms with E-state index in [9.17, 15) is 0 Å². The van der Waals surface area contributed by atoms with Crippen molar-refractivity contribution in [1.82, 2.24) is 0 Å². The highest BCUT2D eigenvalue weighted by Gasteiger charge is 2.18. The summed E-state index contributed by atoms with van der Waals surface area (Å²) >= 11 is 3.45. The van der Waals surface area contributed by atoms with E-state index < -0.39 is 8.60 Å². The van der Waals surface area contributed by atoms with Crippen LogP contribution in [0.1, 0.15) is 19.8 Å². The minimum absolute atomic E-state index is 0.566. The fourth-order valence-electron chi connectivity index (χ4n) is 0.887. The molecule has 5 heteroatoms. The minimum Gasteiger partial charge on any atom is -0.312 e. The van der Waals surface area contributed by atoms with Gasteiger partial charge in [-0.2, -0.15) is 0 Å². The maximum atomic E-state index is 5.52. The summed E-state index contributed by atoms with van der Waals surface area (Å²) in [5.41, 5.74) is 0. The highest BCUT2D eigenvalue weighted by Crippen LogP contribution is 2.42. The summed E-state index contributed by atoms with van der Waals surface area (Å²) in [6, 6.07) is 0. The van der Waals surface area contributed by atoms with E-state index in [0.717, 1.165) is 38.0 Å². The van der Waals surface area contributed by atoms with Gasteiger partial charge in [0.1, 0.15) is 0 Å². The van der Waals surface area contributed by atoms with Gasteiger partial charge in [-0.05, 0) is 12.3 Å². The molecular formula is C8H16BrO3P. The molecule has 0 radical (unpaired) electrons. The number of halogens is 1. The first-order valence-corrected chi connectivity index (χ1v) is 6.83. The fourth-order valence-corrected chi connectivity index (χ4v) is 2.64. The number of rotatable bonds is 5. The third-order valence-corrected chi connectivity index (χ3v) is 3.96. The summed E-state index contributed by atoms with van der Waals surface area (Å²) in [5.74, 6) is 0.566. The van der Waals surface area contributed by atoms with Crippen molar-refractivity contribution in [2.45, 2.75) is 19.8 Å². The molecule has 1 rings (SSSR count). The lowest BCUT2D eigenvalue weighted by Crippen LogP contribution is -2.12. The summed E-state index contributed by atoms with van der Waals surface area (Å²) in [6.07, 6.45) is 2.10. The van der Waals surface area contributed by atoms with E-state index in [1.54, 1.807) is 0 Å². The second kappa shape index (κ2) is 7.13. The number of hydrogen-bond acceptors (Lipinski definition) is 3. The molecule has 0 aromatic rings. The van der Waals surface area contributed by atoms with Crippen LogP contribution in [0.2, 0.25) is 0 Å². The van der Waals surface area contributed by atoms with Gasteiger partial charge in [0.15, 0.2) is 0 Å². The predicted molar refractivity (Wildman–Crippen MR) is 57.0 cm³/mol. The van der Waals surface area contributed by atoms with E-state index in [1.165, 1.54) is 0 Å². The first kappa shape index (κ1) is 11.9. The molecule has 78 valence electrons. The van der Waals surface area contributed by atoms with E-state index in [-0.39, 0.29) is 0 Å². The number of alkyl halides is 1. The molecule has 1 unspecified atom stereocenters. The minimum atomic E-state index is -1.04. The Kier molecular flexibility index (Phi) is 6.51. The SMILES string of the molecule is CCC(CBr)COP1OCCCO1. The maximum Gasteiger partial charge on any atom is 0.332 e. The molecule has 1 atom stereocenters. The molecule has 0 amide bonds. The molecule has 0 aliphatic carbocycles. The molecule has 0 aromatic heterocycles. The molecule has 1 heterocycles. The van der Waals surface area contributed by atoms with Crippen molar-refractivity contribution >= 4 is 24.5 Å². The molecule has 1 aliphatic rings. The van der Waals surface area contributed by atoms with Gasteiger partial charge in [0.25, 0.3) is 0 Å². The zero-order chi connectivity index (χ0) is 9.52. The highest BCUT2D eigenvalue weighted by atomic mass is 79.9. The maximum absolute atomic E-state index is 5.52. The molecule has 0 spiro atoms. The van der Waals surface area contributed by atoms with Crippen LogP contribution in [0.25, 0.3) is 0 Å². The van der Waals surface area contributed by atoms with Gasteiger partial charge >= 0.3 is 8.60 Å². The molecule has 13 heavy (non-hydrogen) atoms. The summed E-state index contributed by atoms with van der Waals surface area (Å²) in [6.45, 7) is 4.44. The second-order valence-electron chi connectivity index (χ2n) is 2.97. The second-order valence-corrected chi connectivity index (χ2v) is 4.84. The molecule has 0 N–H and O–H groups in total. The van der Waals surface area contributed by atoms with Crippen LogP contribution in [-0.4, -0.2) is 25.2 Å². The van der Waals surface area contributed by atoms with E-state index in [0.29, 0.717) is 5.92 Å². The lowest BCUT2D eigenvalue weighted by atomic mass is 10.1. The van der Waals surface area contributed by atoms with Gasteiger partial charge < -0.3 is 13.6 Å². The third kappa shape index (κ3) is 4.71. The Morgan fingerprint density at radius 3 is 2.69 bits per heavy atom. The van der Waals surface area contributed by atoms with Crippen molar-refractivity contribution < 1.29 is 13.6 Å². The summed E-state index contributed by atoms with van der Waals surface area (Å²) in [5, 5.41) is 0.979. The van der Waals surface area contributed by atoms with Crippen LogP contribution in [-0.2, 0) is 13.6 Å². The molecular weight excluding hydrogens is 255 g/mol. The van der Waals surface area contributed by atoms with Crippen molar-refractivity contribution in [3.63, 3.8) is 0 Å². The van der Waals surface area contributed by atoms with Gasteiger partial charge in [-0.15, -0.1) is 0 Å². The molecule has 1 aliphatic heterocycles. The van der Waals surface area contributed by atoms with E-state index in [4.69, 9.17) is 13.6 Å². The monoisotopic (exact) mass is 270 g/mol. The standard InChI is InChI=1S/C8H16BrO3P/c1-2-8(6-9)7-12-13-10-4-3-5-11-13/h8H,2-7H2,1H3. The van der Waals surface area contributed by atoms with Crippen LogP contribution in [0, 0.1) is 5.92 Å². The zero-order valence-electron chi connectivity index (χ0n) is 7.87. The van der Waals surface area contributed by atoms with Crippen molar-refractivity contribution in [2.24, 2.45) is 5.92 Å². The Balaban J connectivity index is 2.09. The van der Waals surface area contributed by atoms with Crippen LogP contribution in [0.15, 0.2) is 0 Å². The summed E-state index contributed by atoms with van der Waals surface area (Å²) < 4.78 is 16.2. The van der Waals surface area contributed by atoms with Crippen LogP contribution in [0.3, 0.4) is 0 Å². The Bertz CT molecular complexity index is 127. The van der Waals surface area contributed by atoms with Crippen LogP contribution in [0.5, 0.6) is 0 Å². The fraction of sp³-hybridized carbons (Fsp3) is 1.00. The van der Waals surface area contributed by atoms with Gasteiger partial charge in [-0.3, -0.25) is 0 Å². The topological polar surface area (TPSA) is 27.7 Å².